The van der Waals surface area contributed by atoms with Crippen molar-refractivity contribution in [1.29, 1.82) is 0 Å². The molecule has 0 N–H and O–H groups in total. The van der Waals surface area contributed by atoms with Crippen LogP contribution in [0.5, 0.6) is 0 Å². The standard InChI is InChI=1S/C16H27NO2S/c1-16(2,3)12-8-6-11(7-9-12)14-17-13(10-20-14)15(18-4)19-5/h10-12,15H,6-9H2,1-5H3. The number of hydrogen-bond acceptors (Lipinski definition) is 4. The maximum atomic E-state index is 5.27. The van der Waals surface area contributed by atoms with Gasteiger partial charge in [0.25, 0.3) is 0 Å². The zero-order valence-electron chi connectivity index (χ0n) is 13.3. The number of rotatable bonds is 4. The van der Waals surface area contributed by atoms with E-state index < -0.39 is 0 Å². The van der Waals surface area contributed by atoms with Gasteiger partial charge in [-0.2, -0.15) is 0 Å². The summed E-state index contributed by atoms with van der Waals surface area (Å²) < 4.78 is 10.5. The highest BCUT2D eigenvalue weighted by Gasteiger charge is 2.31. The van der Waals surface area contributed by atoms with Crippen molar-refractivity contribution >= 4 is 11.3 Å². The molecule has 1 aromatic heterocycles. The van der Waals surface area contributed by atoms with E-state index >= 15 is 0 Å². The lowest BCUT2D eigenvalue weighted by atomic mass is 9.70. The molecule has 0 spiro atoms. The molecule has 0 bridgehead atoms. The first-order valence-electron chi connectivity index (χ1n) is 7.46. The molecule has 0 unspecified atom stereocenters. The van der Waals surface area contributed by atoms with Crippen LogP contribution >= 0.6 is 11.3 Å². The van der Waals surface area contributed by atoms with Crippen LogP contribution < -0.4 is 0 Å². The van der Waals surface area contributed by atoms with Gasteiger partial charge in [0, 0.05) is 25.5 Å². The Morgan fingerprint density at radius 1 is 1.15 bits per heavy atom. The lowest BCUT2D eigenvalue weighted by Crippen LogP contribution is -2.25. The lowest BCUT2D eigenvalue weighted by Gasteiger charge is -2.36. The molecule has 20 heavy (non-hydrogen) atoms. The summed E-state index contributed by atoms with van der Waals surface area (Å²) in [5, 5.41) is 3.33. The summed E-state index contributed by atoms with van der Waals surface area (Å²) in [5.41, 5.74) is 1.35. The highest BCUT2D eigenvalue weighted by molar-refractivity contribution is 7.09. The molecule has 0 radical (unpaired) electrons. The van der Waals surface area contributed by atoms with Crippen LogP contribution in [-0.4, -0.2) is 19.2 Å². The van der Waals surface area contributed by atoms with Gasteiger partial charge in [-0.15, -0.1) is 11.3 Å². The molecule has 0 aromatic carbocycles. The van der Waals surface area contributed by atoms with E-state index in [0.29, 0.717) is 11.3 Å². The van der Waals surface area contributed by atoms with Crippen molar-refractivity contribution in [2.75, 3.05) is 14.2 Å². The van der Waals surface area contributed by atoms with E-state index in [1.807, 2.05) is 0 Å². The molecule has 3 nitrogen and oxygen atoms in total. The Labute approximate surface area is 126 Å². The highest BCUT2D eigenvalue weighted by atomic mass is 32.1. The molecule has 1 heterocycles. The zero-order chi connectivity index (χ0) is 14.8. The molecule has 0 aliphatic heterocycles. The predicted octanol–water partition coefficient (Wildman–Crippen LogP) is 4.75. The predicted molar refractivity (Wildman–Crippen MR) is 83.0 cm³/mol. The SMILES string of the molecule is COC(OC)c1csc(C2CCC(C(C)(C)C)CC2)n1. The van der Waals surface area contributed by atoms with Crippen molar-refractivity contribution in [2.24, 2.45) is 11.3 Å². The van der Waals surface area contributed by atoms with Gasteiger partial charge >= 0.3 is 0 Å². The van der Waals surface area contributed by atoms with Gasteiger partial charge in [-0.05, 0) is 37.0 Å². The first kappa shape index (κ1) is 15.9. The summed E-state index contributed by atoms with van der Waals surface area (Å²) >= 11 is 1.75. The third kappa shape index (κ3) is 3.60. The van der Waals surface area contributed by atoms with Crippen molar-refractivity contribution < 1.29 is 9.47 Å². The van der Waals surface area contributed by atoms with E-state index in [2.05, 4.69) is 26.2 Å². The summed E-state index contributed by atoms with van der Waals surface area (Å²) in [7, 11) is 3.31. The van der Waals surface area contributed by atoms with E-state index in [1.165, 1.54) is 30.7 Å². The van der Waals surface area contributed by atoms with Gasteiger partial charge in [-0.25, -0.2) is 4.98 Å². The zero-order valence-corrected chi connectivity index (χ0v) is 14.1. The minimum absolute atomic E-state index is 0.328. The van der Waals surface area contributed by atoms with Gasteiger partial charge in [-0.1, -0.05) is 20.8 Å². The largest absolute Gasteiger partial charge is 0.350 e. The fourth-order valence-corrected chi connectivity index (χ4v) is 4.13. The normalized spacial score (nSPS) is 24.3. The summed E-state index contributed by atoms with van der Waals surface area (Å²) in [6.07, 6.45) is 4.84. The molecule has 114 valence electrons. The molecule has 4 heteroatoms. The molecule has 0 atom stereocenters. The topological polar surface area (TPSA) is 31.4 Å². The second-order valence-corrected chi connectivity index (χ2v) is 7.72. The van der Waals surface area contributed by atoms with Crippen LogP contribution in [0.1, 0.15) is 69.4 Å². The average molecular weight is 297 g/mol. The molecule has 1 fully saturated rings. The van der Waals surface area contributed by atoms with Gasteiger partial charge in [0.15, 0.2) is 0 Å². The molecule has 1 aliphatic rings. The molecule has 1 aromatic rings. The number of nitrogens with zero attached hydrogens (tertiary/aromatic N) is 1. The second kappa shape index (κ2) is 6.54. The van der Waals surface area contributed by atoms with E-state index in [9.17, 15) is 0 Å². The Kier molecular flexibility index (Phi) is 5.21. The minimum atomic E-state index is -0.328. The number of thiazole rings is 1. The van der Waals surface area contributed by atoms with Crippen LogP contribution in [0.2, 0.25) is 0 Å². The number of ether oxygens (including phenoxy) is 2. The van der Waals surface area contributed by atoms with Gasteiger partial charge in [-0.3, -0.25) is 0 Å². The van der Waals surface area contributed by atoms with Gasteiger partial charge in [0.1, 0.15) is 5.69 Å². The summed E-state index contributed by atoms with van der Waals surface area (Å²) in [4.78, 5) is 4.73. The van der Waals surface area contributed by atoms with Crippen LogP contribution in [0.25, 0.3) is 0 Å². The third-order valence-corrected chi connectivity index (χ3v) is 5.54. The molecular formula is C16H27NO2S. The first-order chi connectivity index (χ1) is 9.45. The molecule has 1 saturated carbocycles. The average Bonchev–Trinajstić information content (AvgIpc) is 2.89. The second-order valence-electron chi connectivity index (χ2n) is 6.83. The monoisotopic (exact) mass is 297 g/mol. The van der Waals surface area contributed by atoms with Crippen LogP contribution in [-0.2, 0) is 9.47 Å². The summed E-state index contributed by atoms with van der Waals surface area (Å²) in [5.74, 6) is 1.48. The Hall–Kier alpha value is -0.450. The van der Waals surface area contributed by atoms with Crippen molar-refractivity contribution in [3.05, 3.63) is 16.1 Å². The first-order valence-corrected chi connectivity index (χ1v) is 8.34. The van der Waals surface area contributed by atoms with Crippen LogP contribution in [0.3, 0.4) is 0 Å². The maximum Gasteiger partial charge on any atom is 0.201 e. The Morgan fingerprint density at radius 3 is 2.25 bits per heavy atom. The molecule has 0 amide bonds. The fourth-order valence-electron chi connectivity index (χ4n) is 3.14. The van der Waals surface area contributed by atoms with Gasteiger partial charge < -0.3 is 9.47 Å². The third-order valence-electron chi connectivity index (χ3n) is 4.51. The molecule has 0 saturated heterocycles. The van der Waals surface area contributed by atoms with Crippen molar-refractivity contribution in [3.63, 3.8) is 0 Å². The van der Waals surface area contributed by atoms with E-state index in [-0.39, 0.29) is 6.29 Å². The summed E-state index contributed by atoms with van der Waals surface area (Å²) in [6.45, 7) is 7.09. The summed E-state index contributed by atoms with van der Waals surface area (Å²) in [6, 6.07) is 0. The van der Waals surface area contributed by atoms with Crippen LogP contribution in [0, 0.1) is 11.3 Å². The number of methoxy groups -OCH3 is 2. The smallest absolute Gasteiger partial charge is 0.201 e. The number of aromatic nitrogens is 1. The highest BCUT2D eigenvalue weighted by Crippen LogP contribution is 2.43. The minimum Gasteiger partial charge on any atom is -0.350 e. The Morgan fingerprint density at radius 2 is 1.75 bits per heavy atom. The quantitative estimate of drug-likeness (QED) is 0.751. The van der Waals surface area contributed by atoms with E-state index in [4.69, 9.17) is 14.5 Å². The lowest BCUT2D eigenvalue weighted by molar-refractivity contribution is -0.108. The maximum absolute atomic E-state index is 5.27. The Balaban J connectivity index is 1.97. The van der Waals surface area contributed by atoms with E-state index in [1.54, 1.807) is 25.6 Å². The molecular weight excluding hydrogens is 270 g/mol. The van der Waals surface area contributed by atoms with Crippen LogP contribution in [0.4, 0.5) is 0 Å². The van der Waals surface area contributed by atoms with Crippen LogP contribution in [0.15, 0.2) is 5.38 Å². The van der Waals surface area contributed by atoms with Crippen molar-refractivity contribution in [2.45, 2.75) is 58.7 Å². The van der Waals surface area contributed by atoms with Crippen molar-refractivity contribution in [3.8, 4) is 0 Å². The molecule has 1 aliphatic carbocycles. The van der Waals surface area contributed by atoms with Gasteiger partial charge in [0.2, 0.25) is 6.29 Å². The van der Waals surface area contributed by atoms with Crippen molar-refractivity contribution in [1.82, 2.24) is 4.98 Å². The Bertz CT molecular complexity index is 412. The van der Waals surface area contributed by atoms with E-state index in [0.717, 1.165) is 11.6 Å². The molecule has 2 rings (SSSR count). The van der Waals surface area contributed by atoms with Gasteiger partial charge in [0.05, 0.1) is 5.01 Å². The fraction of sp³-hybridized carbons (Fsp3) is 0.812. The number of hydrogen-bond donors (Lipinski definition) is 0.